The van der Waals surface area contributed by atoms with Crippen LogP contribution in [0, 0.1) is 12.7 Å². The molecule has 0 saturated heterocycles. The number of amides is 2. The number of hydrogen-bond donors (Lipinski definition) is 2. The Balaban J connectivity index is 1.86. The van der Waals surface area contributed by atoms with E-state index in [2.05, 4.69) is 10.6 Å². The number of rotatable bonds is 6. The molecule has 1 fully saturated rings. The minimum atomic E-state index is -0.497. The Labute approximate surface area is 129 Å². The molecular formula is C16H22FN3O2. The number of hydrogen-bond acceptors (Lipinski definition) is 3. The molecule has 0 spiro atoms. The molecule has 0 heterocycles. The molecule has 1 atom stereocenters. The van der Waals surface area contributed by atoms with Gasteiger partial charge in [-0.15, -0.1) is 0 Å². The number of nitrogens with zero attached hydrogens (tertiary/aromatic N) is 1. The van der Waals surface area contributed by atoms with Crippen LogP contribution in [0.25, 0.3) is 0 Å². The Morgan fingerprint density at radius 2 is 2.09 bits per heavy atom. The molecule has 1 aliphatic rings. The van der Waals surface area contributed by atoms with E-state index in [1.54, 1.807) is 33.0 Å². The maximum Gasteiger partial charge on any atom is 0.244 e. The van der Waals surface area contributed by atoms with Gasteiger partial charge in [0, 0.05) is 18.8 Å². The van der Waals surface area contributed by atoms with Crippen LogP contribution in [-0.4, -0.2) is 42.4 Å². The molecule has 0 aliphatic heterocycles. The van der Waals surface area contributed by atoms with E-state index in [-0.39, 0.29) is 30.2 Å². The minimum absolute atomic E-state index is 0.0454. The first-order valence-electron chi connectivity index (χ1n) is 7.44. The molecule has 0 radical (unpaired) electrons. The van der Waals surface area contributed by atoms with Crippen LogP contribution in [0.4, 0.5) is 10.1 Å². The van der Waals surface area contributed by atoms with E-state index in [0.29, 0.717) is 11.3 Å². The quantitative estimate of drug-likeness (QED) is 0.840. The molecule has 22 heavy (non-hydrogen) atoms. The first kappa shape index (κ1) is 16.3. The molecule has 0 aromatic heterocycles. The largest absolute Gasteiger partial charge is 0.374 e. The molecule has 120 valence electrons. The van der Waals surface area contributed by atoms with E-state index in [0.717, 1.165) is 12.8 Å². The van der Waals surface area contributed by atoms with Crippen LogP contribution in [0.15, 0.2) is 18.2 Å². The van der Waals surface area contributed by atoms with Gasteiger partial charge in [-0.05, 0) is 50.5 Å². The number of carbonyl (C=O) groups is 2. The van der Waals surface area contributed by atoms with Gasteiger partial charge in [-0.25, -0.2) is 4.39 Å². The van der Waals surface area contributed by atoms with Crippen molar-refractivity contribution in [3.8, 4) is 0 Å². The molecule has 1 aromatic carbocycles. The molecule has 1 unspecified atom stereocenters. The highest BCUT2D eigenvalue weighted by Gasteiger charge is 2.25. The van der Waals surface area contributed by atoms with Gasteiger partial charge in [0.05, 0.1) is 6.54 Å². The summed E-state index contributed by atoms with van der Waals surface area (Å²) < 4.78 is 13.2. The maximum atomic E-state index is 13.2. The molecule has 1 saturated carbocycles. The molecule has 0 bridgehead atoms. The van der Waals surface area contributed by atoms with Gasteiger partial charge in [0.15, 0.2) is 0 Å². The lowest BCUT2D eigenvalue weighted by Gasteiger charge is -2.22. The van der Waals surface area contributed by atoms with E-state index in [1.807, 2.05) is 0 Å². The molecule has 1 aliphatic carbocycles. The number of likely N-dealkylation sites (N-methyl/N-ethyl adjacent to an activating group) is 1. The minimum Gasteiger partial charge on any atom is -0.374 e. The fraction of sp³-hybridized carbons (Fsp3) is 0.500. The Hall–Kier alpha value is -2.11. The van der Waals surface area contributed by atoms with Crippen molar-refractivity contribution in [2.24, 2.45) is 0 Å². The number of benzene rings is 1. The average molecular weight is 307 g/mol. The Morgan fingerprint density at radius 1 is 1.41 bits per heavy atom. The standard InChI is InChI=1S/C16H22FN3O2/c1-10-8-13(6-7-14(10)17)18-11(2)16(22)20(3)9-15(21)19-12-4-5-12/h6-8,11-12,18H,4-5,9H2,1-3H3,(H,19,21). The SMILES string of the molecule is Cc1cc(NC(C)C(=O)N(C)CC(=O)NC2CC2)ccc1F. The summed E-state index contributed by atoms with van der Waals surface area (Å²) in [6.07, 6.45) is 2.04. The Kier molecular flexibility index (Phi) is 5.00. The number of anilines is 1. The van der Waals surface area contributed by atoms with E-state index in [4.69, 9.17) is 0 Å². The summed E-state index contributed by atoms with van der Waals surface area (Å²) >= 11 is 0. The molecule has 5 nitrogen and oxygen atoms in total. The number of aryl methyl sites for hydroxylation is 1. The Morgan fingerprint density at radius 3 is 2.68 bits per heavy atom. The molecule has 6 heteroatoms. The fourth-order valence-electron chi connectivity index (χ4n) is 2.17. The summed E-state index contributed by atoms with van der Waals surface area (Å²) in [4.78, 5) is 25.3. The lowest BCUT2D eigenvalue weighted by Crippen LogP contribution is -2.44. The highest BCUT2D eigenvalue weighted by Crippen LogP contribution is 2.18. The van der Waals surface area contributed by atoms with Crippen LogP contribution in [-0.2, 0) is 9.59 Å². The first-order valence-corrected chi connectivity index (χ1v) is 7.44. The predicted octanol–water partition coefficient (Wildman–Crippen LogP) is 1.67. The predicted molar refractivity (Wildman–Crippen MR) is 83.0 cm³/mol. The van der Waals surface area contributed by atoms with Gasteiger partial charge >= 0.3 is 0 Å². The normalized spacial score (nSPS) is 15.1. The summed E-state index contributed by atoms with van der Waals surface area (Å²) in [6.45, 7) is 3.43. The lowest BCUT2D eigenvalue weighted by atomic mass is 10.2. The van der Waals surface area contributed by atoms with Crippen molar-refractivity contribution in [1.29, 1.82) is 0 Å². The molecule has 2 amide bonds. The van der Waals surface area contributed by atoms with Crippen molar-refractivity contribution >= 4 is 17.5 Å². The van der Waals surface area contributed by atoms with Gasteiger partial charge < -0.3 is 15.5 Å². The zero-order valence-corrected chi connectivity index (χ0v) is 13.1. The summed E-state index contributed by atoms with van der Waals surface area (Å²) in [6, 6.07) is 4.39. The van der Waals surface area contributed by atoms with Gasteiger partial charge in [0.25, 0.3) is 0 Å². The molecular weight excluding hydrogens is 285 g/mol. The van der Waals surface area contributed by atoms with Crippen LogP contribution in [0.1, 0.15) is 25.3 Å². The van der Waals surface area contributed by atoms with Gasteiger partial charge in [-0.1, -0.05) is 0 Å². The Bertz CT molecular complexity index is 573. The summed E-state index contributed by atoms with van der Waals surface area (Å²) in [5, 5.41) is 5.87. The van der Waals surface area contributed by atoms with E-state index >= 15 is 0 Å². The number of halogens is 1. The van der Waals surface area contributed by atoms with Crippen molar-refractivity contribution in [3.05, 3.63) is 29.6 Å². The van der Waals surface area contributed by atoms with Crippen LogP contribution < -0.4 is 10.6 Å². The third kappa shape index (κ3) is 4.44. The van der Waals surface area contributed by atoms with E-state index < -0.39 is 6.04 Å². The van der Waals surface area contributed by atoms with Gasteiger partial charge in [0.1, 0.15) is 11.9 Å². The smallest absolute Gasteiger partial charge is 0.244 e. The molecule has 2 N–H and O–H groups in total. The van der Waals surface area contributed by atoms with Crippen LogP contribution in [0.3, 0.4) is 0 Å². The average Bonchev–Trinajstić information content (AvgIpc) is 3.25. The molecule has 1 aromatic rings. The third-order valence-electron chi connectivity index (χ3n) is 3.61. The summed E-state index contributed by atoms with van der Waals surface area (Å²) in [5.74, 6) is -0.602. The highest BCUT2D eigenvalue weighted by molar-refractivity contribution is 5.88. The topological polar surface area (TPSA) is 61.4 Å². The third-order valence-corrected chi connectivity index (χ3v) is 3.61. The second kappa shape index (κ2) is 6.77. The van der Waals surface area contributed by atoms with Gasteiger partial charge in [-0.2, -0.15) is 0 Å². The second-order valence-electron chi connectivity index (χ2n) is 5.87. The lowest BCUT2D eigenvalue weighted by molar-refractivity contribution is -0.135. The fourth-order valence-corrected chi connectivity index (χ4v) is 2.17. The van der Waals surface area contributed by atoms with Crippen molar-refractivity contribution < 1.29 is 14.0 Å². The van der Waals surface area contributed by atoms with Crippen molar-refractivity contribution in [3.63, 3.8) is 0 Å². The van der Waals surface area contributed by atoms with Crippen molar-refractivity contribution in [2.75, 3.05) is 18.9 Å². The second-order valence-corrected chi connectivity index (χ2v) is 5.87. The zero-order chi connectivity index (χ0) is 16.3. The monoisotopic (exact) mass is 307 g/mol. The molecule has 2 rings (SSSR count). The zero-order valence-electron chi connectivity index (χ0n) is 13.1. The highest BCUT2D eigenvalue weighted by atomic mass is 19.1. The van der Waals surface area contributed by atoms with Crippen LogP contribution in [0.5, 0.6) is 0 Å². The van der Waals surface area contributed by atoms with Crippen molar-refractivity contribution in [2.45, 2.75) is 38.8 Å². The van der Waals surface area contributed by atoms with E-state index in [9.17, 15) is 14.0 Å². The van der Waals surface area contributed by atoms with Crippen LogP contribution in [0.2, 0.25) is 0 Å². The van der Waals surface area contributed by atoms with E-state index in [1.165, 1.54) is 11.0 Å². The number of nitrogens with one attached hydrogen (secondary N) is 2. The summed E-state index contributed by atoms with van der Waals surface area (Å²) in [5.41, 5.74) is 1.19. The van der Waals surface area contributed by atoms with Gasteiger partial charge in [0.2, 0.25) is 11.8 Å². The van der Waals surface area contributed by atoms with Gasteiger partial charge in [-0.3, -0.25) is 9.59 Å². The maximum absolute atomic E-state index is 13.2. The van der Waals surface area contributed by atoms with Crippen LogP contribution >= 0.6 is 0 Å². The summed E-state index contributed by atoms with van der Waals surface area (Å²) in [7, 11) is 1.60. The number of carbonyl (C=O) groups excluding carboxylic acids is 2. The van der Waals surface area contributed by atoms with Crippen molar-refractivity contribution in [1.82, 2.24) is 10.2 Å². The first-order chi connectivity index (χ1) is 10.4.